The monoisotopic (exact) mass is 875 g/mol. The first-order chi connectivity index (χ1) is 30.6. The van der Waals surface area contributed by atoms with Crippen molar-refractivity contribution in [3.05, 3.63) is 75.6 Å². The van der Waals surface area contributed by atoms with E-state index in [2.05, 4.69) is 41.2 Å². The number of hydrogen-bond donors (Lipinski definition) is 2. The number of ketones is 2. The first-order valence-corrected chi connectivity index (χ1v) is 22.8. The number of anilines is 2. The quantitative estimate of drug-likeness (QED) is 0.159. The fourth-order valence-corrected chi connectivity index (χ4v) is 9.50. The zero-order valence-corrected chi connectivity index (χ0v) is 38.1. The number of pyridine rings is 2. The van der Waals surface area contributed by atoms with Gasteiger partial charge in [-0.05, 0) is 82.3 Å². The second-order valence-corrected chi connectivity index (χ2v) is 18.2. The number of amides is 2. The number of piperidine rings is 2. The lowest BCUT2D eigenvalue weighted by Crippen LogP contribution is -2.51. The molecule has 3 atom stereocenters. The third kappa shape index (κ3) is 10.2. The predicted octanol–water partition coefficient (Wildman–Crippen LogP) is 5.62. The Morgan fingerprint density at radius 3 is 2.27 bits per heavy atom. The molecule has 3 unspecified atom stereocenters. The van der Waals surface area contributed by atoms with E-state index in [0.717, 1.165) is 97.2 Å². The van der Waals surface area contributed by atoms with Gasteiger partial charge in [0, 0.05) is 115 Å². The van der Waals surface area contributed by atoms with Gasteiger partial charge in [0.15, 0.2) is 17.4 Å². The van der Waals surface area contributed by atoms with Gasteiger partial charge in [0.2, 0.25) is 11.8 Å². The molecule has 14 nitrogen and oxygen atoms in total. The van der Waals surface area contributed by atoms with Crippen molar-refractivity contribution in [3.8, 4) is 11.4 Å². The summed E-state index contributed by atoms with van der Waals surface area (Å²) in [7, 11) is 0. The third-order valence-electron chi connectivity index (χ3n) is 13.3. The zero-order valence-electron chi connectivity index (χ0n) is 38.1. The van der Waals surface area contributed by atoms with Gasteiger partial charge >= 0.3 is 0 Å². The van der Waals surface area contributed by atoms with E-state index in [1.165, 1.54) is 6.92 Å². The smallest absolute Gasteiger partial charge is 0.253 e. The molecule has 6 heterocycles. The molecule has 64 heavy (non-hydrogen) atoms. The summed E-state index contributed by atoms with van der Waals surface area (Å²) in [4.78, 5) is 71.7. The minimum Gasteiger partial charge on any atom is -0.512 e. The molecule has 1 saturated carbocycles. The zero-order chi connectivity index (χ0) is 45.8. The number of piperazine rings is 1. The highest BCUT2D eigenvalue weighted by molar-refractivity contribution is 6.09. The molecule has 0 bridgehead atoms. The van der Waals surface area contributed by atoms with Gasteiger partial charge in [0.05, 0.1) is 17.6 Å². The van der Waals surface area contributed by atoms with Crippen LogP contribution in [0.3, 0.4) is 0 Å². The lowest BCUT2D eigenvalue weighted by molar-refractivity contribution is -0.135. The molecule has 1 aromatic carbocycles. The van der Waals surface area contributed by atoms with Crippen LogP contribution in [0.25, 0.3) is 23.7 Å². The Hall–Kier alpha value is -5.83. The number of carbonyl (C=O) groups is 4. The van der Waals surface area contributed by atoms with E-state index in [-0.39, 0.29) is 59.5 Å². The van der Waals surface area contributed by atoms with Gasteiger partial charge in [-0.25, -0.2) is 14.4 Å². The normalized spacial score (nSPS) is 21.8. The first-order valence-electron chi connectivity index (χ1n) is 22.8. The highest BCUT2D eigenvalue weighted by Gasteiger charge is 2.33. The number of aromatic nitrogens is 4. The molecule has 0 spiro atoms. The Kier molecular flexibility index (Phi) is 14.4. The average Bonchev–Trinajstić information content (AvgIpc) is 3.80. The summed E-state index contributed by atoms with van der Waals surface area (Å²) in [6, 6.07) is 9.51. The summed E-state index contributed by atoms with van der Waals surface area (Å²) in [6.07, 6.45) is 8.95. The first kappa shape index (κ1) is 46.2. The van der Waals surface area contributed by atoms with Crippen LogP contribution in [0.1, 0.15) is 112 Å². The summed E-state index contributed by atoms with van der Waals surface area (Å²) in [5.41, 5.74) is 4.77. The van der Waals surface area contributed by atoms with Crippen molar-refractivity contribution in [3.63, 3.8) is 0 Å². The van der Waals surface area contributed by atoms with Crippen molar-refractivity contribution in [1.29, 1.82) is 0 Å². The molecule has 340 valence electrons. The number of hydrogen-bond acceptors (Lipinski definition) is 12. The van der Waals surface area contributed by atoms with Crippen molar-refractivity contribution < 1.29 is 28.7 Å². The number of imide groups is 1. The van der Waals surface area contributed by atoms with E-state index in [1.54, 1.807) is 25.3 Å². The summed E-state index contributed by atoms with van der Waals surface area (Å²) in [5.74, 6) is 0.780. The number of nitrogens with one attached hydrogen (secondary N) is 1. The predicted molar refractivity (Wildman–Crippen MR) is 246 cm³/mol. The van der Waals surface area contributed by atoms with Gasteiger partial charge in [0.1, 0.15) is 12.0 Å². The van der Waals surface area contributed by atoms with Gasteiger partial charge in [-0.3, -0.25) is 29.4 Å². The van der Waals surface area contributed by atoms with Crippen LogP contribution in [-0.2, 0) is 9.59 Å². The van der Waals surface area contributed by atoms with Crippen LogP contribution in [0.2, 0.25) is 0 Å². The van der Waals surface area contributed by atoms with Crippen molar-refractivity contribution in [2.24, 2.45) is 22.7 Å². The fourth-order valence-electron chi connectivity index (χ4n) is 9.50. The van der Waals surface area contributed by atoms with Gasteiger partial charge in [-0.2, -0.15) is 9.98 Å². The van der Waals surface area contributed by atoms with E-state index < -0.39 is 6.17 Å². The largest absolute Gasteiger partial charge is 0.512 e. The molecule has 8 rings (SSSR count). The van der Waals surface area contributed by atoms with Crippen LogP contribution in [0.5, 0.6) is 0 Å². The molecule has 4 fully saturated rings. The van der Waals surface area contributed by atoms with Crippen molar-refractivity contribution >= 4 is 52.9 Å². The Morgan fingerprint density at radius 2 is 1.66 bits per heavy atom. The Balaban J connectivity index is 0.000000607. The molecule has 2 amide bonds. The van der Waals surface area contributed by atoms with Crippen LogP contribution < -0.4 is 31.3 Å². The third-order valence-corrected chi connectivity index (χ3v) is 13.3. The molecule has 2 aromatic rings. The number of benzene rings is 1. The van der Waals surface area contributed by atoms with Gasteiger partial charge in [0.25, 0.3) is 5.62 Å². The Labute approximate surface area is 374 Å². The molecular weight excluding hydrogens is 814 g/mol. The number of fused-ring (bicyclic) bond motifs is 1. The topological polar surface area (TPSA) is 166 Å². The number of alkyl halides is 1. The number of nitrogens with zero attached hydrogens (tertiary/aromatic N) is 8. The number of Topliss-reactive ketones (excluding diaryl/α,β-unsaturated/α-hetero) is 2. The second-order valence-electron chi connectivity index (χ2n) is 18.2. The maximum Gasteiger partial charge on any atom is 0.253 e. The minimum atomic E-state index is -0.992. The summed E-state index contributed by atoms with van der Waals surface area (Å²) in [5, 5.41) is 14.3. The summed E-state index contributed by atoms with van der Waals surface area (Å²) >= 11 is 0. The van der Waals surface area contributed by atoms with E-state index >= 15 is 4.39 Å². The molecule has 1 aliphatic carbocycles. The van der Waals surface area contributed by atoms with Crippen LogP contribution in [0.15, 0.2) is 47.7 Å². The summed E-state index contributed by atoms with van der Waals surface area (Å²) < 4.78 is 17.8. The highest BCUT2D eigenvalue weighted by atomic mass is 19.1. The molecule has 0 radical (unpaired) electrons. The maximum atomic E-state index is 15.7. The average molecular weight is 876 g/mol. The lowest BCUT2D eigenvalue weighted by Gasteiger charge is -2.41. The van der Waals surface area contributed by atoms with E-state index in [4.69, 9.17) is 4.98 Å². The van der Waals surface area contributed by atoms with Crippen LogP contribution in [0.4, 0.5) is 21.6 Å². The Bertz CT molecular complexity index is 2540. The molecular formula is C49H62FN9O5. The number of carbonyl (C=O) groups excluding carboxylic acids is 4. The maximum absolute atomic E-state index is 15.7. The molecule has 15 heteroatoms. The number of aliphatic hydroxyl groups is 1. The van der Waals surface area contributed by atoms with Gasteiger partial charge in [-0.1, -0.05) is 40.2 Å². The summed E-state index contributed by atoms with van der Waals surface area (Å²) in [6.45, 7) is 20.0. The van der Waals surface area contributed by atoms with Crippen molar-refractivity contribution in [2.45, 2.75) is 98.7 Å². The Morgan fingerprint density at radius 1 is 0.938 bits per heavy atom. The fraction of sp³-hybridized carbons (Fsp3) is 0.510. The van der Waals surface area contributed by atoms with Gasteiger partial charge in [-0.15, -0.1) is 0 Å². The molecule has 5 aliphatic heterocycles. The number of aliphatic hydroxyl groups excluding tert-OH is 1. The molecule has 6 aliphatic rings. The minimum absolute atomic E-state index is 0.0164. The van der Waals surface area contributed by atoms with Crippen LogP contribution in [0, 0.1) is 24.7 Å². The standard InChI is InChI=1S/C43H53FN8O3.C6H9NO2/c1-26(2)41(55)36-21-33(11-13-35(36)29(5)53)51-16-15-31(38(44)25-51)24-49-17-19-50(20-18-49)34-12-14-39(45-22-34)47-43-46-23-37-27(3)40(30(6)54)28(4)52(42(37)48-43)32-9-7-8-10-32;1-4-2-3-5(8)7-6(4)9/h11-14,21-23,26,31-32,38,54H,4,7-10,15-20,24-25H2,1-3,5-6H3;4H,2-3H2,1H3,(H,7,8,9)/b40-30+,47-43?;. The van der Waals surface area contributed by atoms with Crippen molar-refractivity contribution in [1.82, 2.24) is 29.7 Å². The molecule has 2 N–H and O–H groups in total. The second kappa shape index (κ2) is 19.9. The van der Waals surface area contributed by atoms with Crippen molar-refractivity contribution in [2.75, 3.05) is 55.6 Å². The van der Waals surface area contributed by atoms with E-state index in [9.17, 15) is 24.3 Å². The van der Waals surface area contributed by atoms with Crippen LogP contribution >= 0.6 is 0 Å². The highest BCUT2D eigenvalue weighted by Crippen LogP contribution is 2.33. The van der Waals surface area contributed by atoms with Crippen LogP contribution in [-0.4, -0.2) is 105 Å². The number of rotatable bonds is 9. The lowest BCUT2D eigenvalue weighted by atomic mass is 9.91. The van der Waals surface area contributed by atoms with E-state index in [1.807, 2.05) is 57.0 Å². The van der Waals surface area contributed by atoms with E-state index in [0.29, 0.717) is 48.5 Å². The molecule has 1 aromatic heterocycles. The molecule has 3 saturated heterocycles. The van der Waals surface area contributed by atoms with Gasteiger partial charge < -0.3 is 19.5 Å². The SMILES string of the molecule is C=c1/c(=C(\C)O)c(C)c2cnc(=Nc3ccc(N4CCN(CC5CCN(c6ccc(C(C)=O)c(C(=O)C(C)C)c6)CC5F)CC4)cn3)nc-2n1C1CCCC1.CC1CCC(=O)NC1=O. The number of halogens is 1.